The van der Waals surface area contributed by atoms with Crippen molar-refractivity contribution in [3.8, 4) is 0 Å². The standard InChI is InChI=1S/C9H11N3O2/c13-12(14)8-3-1-7(2-4-8)9-10-5-6-11-9/h1-4,9-11H,5-6H2. The van der Waals surface area contributed by atoms with Crippen LogP contribution in [-0.4, -0.2) is 18.0 Å². The molecule has 1 aromatic rings. The third kappa shape index (κ3) is 1.73. The maximum atomic E-state index is 10.4. The van der Waals surface area contributed by atoms with Crippen molar-refractivity contribution in [2.75, 3.05) is 13.1 Å². The molecule has 1 aliphatic heterocycles. The molecule has 0 saturated carbocycles. The zero-order valence-electron chi connectivity index (χ0n) is 7.56. The monoisotopic (exact) mass is 193 g/mol. The maximum Gasteiger partial charge on any atom is 0.269 e. The SMILES string of the molecule is O=[N+]([O-])c1ccc(C2NCCN2)cc1. The van der Waals surface area contributed by atoms with Gasteiger partial charge in [0.2, 0.25) is 0 Å². The highest BCUT2D eigenvalue weighted by molar-refractivity contribution is 5.34. The molecule has 2 rings (SSSR count). The van der Waals surface area contributed by atoms with Crippen LogP contribution < -0.4 is 10.6 Å². The van der Waals surface area contributed by atoms with Gasteiger partial charge in [0.05, 0.1) is 11.1 Å². The quantitative estimate of drug-likeness (QED) is 0.538. The van der Waals surface area contributed by atoms with Crippen LogP contribution in [0.2, 0.25) is 0 Å². The number of hydrogen-bond donors (Lipinski definition) is 2. The number of non-ortho nitro benzene ring substituents is 1. The lowest BCUT2D eigenvalue weighted by molar-refractivity contribution is -0.384. The molecule has 1 aromatic carbocycles. The van der Waals surface area contributed by atoms with Gasteiger partial charge in [-0.3, -0.25) is 20.7 Å². The Morgan fingerprint density at radius 2 is 1.79 bits per heavy atom. The molecule has 0 radical (unpaired) electrons. The van der Waals surface area contributed by atoms with Gasteiger partial charge in [-0.15, -0.1) is 0 Å². The summed E-state index contributed by atoms with van der Waals surface area (Å²) in [6, 6.07) is 6.59. The number of nitrogens with zero attached hydrogens (tertiary/aromatic N) is 1. The zero-order chi connectivity index (χ0) is 9.97. The summed E-state index contributed by atoms with van der Waals surface area (Å²) in [6.45, 7) is 1.86. The first-order chi connectivity index (χ1) is 6.77. The lowest BCUT2D eigenvalue weighted by Gasteiger charge is -2.10. The minimum Gasteiger partial charge on any atom is -0.297 e. The van der Waals surface area contributed by atoms with E-state index in [2.05, 4.69) is 10.6 Å². The first-order valence-electron chi connectivity index (χ1n) is 4.48. The molecule has 0 unspecified atom stereocenters. The Labute approximate surface area is 81.3 Å². The molecule has 0 spiro atoms. The highest BCUT2D eigenvalue weighted by Crippen LogP contribution is 2.17. The van der Waals surface area contributed by atoms with Crippen molar-refractivity contribution < 1.29 is 4.92 Å². The number of nitrogens with one attached hydrogen (secondary N) is 2. The largest absolute Gasteiger partial charge is 0.297 e. The highest BCUT2D eigenvalue weighted by Gasteiger charge is 2.15. The smallest absolute Gasteiger partial charge is 0.269 e. The van der Waals surface area contributed by atoms with E-state index in [4.69, 9.17) is 0 Å². The fourth-order valence-electron chi connectivity index (χ4n) is 1.53. The van der Waals surface area contributed by atoms with Crippen LogP contribution in [0.15, 0.2) is 24.3 Å². The van der Waals surface area contributed by atoms with Crippen molar-refractivity contribution in [1.29, 1.82) is 0 Å². The number of nitro groups is 1. The van der Waals surface area contributed by atoms with E-state index >= 15 is 0 Å². The number of hydrogen-bond acceptors (Lipinski definition) is 4. The van der Waals surface area contributed by atoms with Gasteiger partial charge in [0.25, 0.3) is 5.69 Å². The Kier molecular flexibility index (Phi) is 2.43. The van der Waals surface area contributed by atoms with Gasteiger partial charge in [-0.25, -0.2) is 0 Å². The van der Waals surface area contributed by atoms with Gasteiger partial charge in [-0.1, -0.05) is 0 Å². The molecule has 14 heavy (non-hydrogen) atoms. The summed E-state index contributed by atoms with van der Waals surface area (Å²) in [7, 11) is 0. The summed E-state index contributed by atoms with van der Waals surface area (Å²) >= 11 is 0. The molecule has 1 heterocycles. The zero-order valence-corrected chi connectivity index (χ0v) is 7.56. The summed E-state index contributed by atoms with van der Waals surface area (Å²) in [6.07, 6.45) is 0.135. The molecule has 1 aliphatic rings. The van der Waals surface area contributed by atoms with Crippen LogP contribution in [0.25, 0.3) is 0 Å². The van der Waals surface area contributed by atoms with Gasteiger partial charge in [-0.2, -0.15) is 0 Å². The molecule has 1 fully saturated rings. The molecule has 1 saturated heterocycles. The van der Waals surface area contributed by atoms with E-state index in [1.54, 1.807) is 12.1 Å². The number of rotatable bonds is 2. The Hall–Kier alpha value is -1.46. The van der Waals surface area contributed by atoms with Crippen molar-refractivity contribution in [2.24, 2.45) is 0 Å². The molecule has 5 heteroatoms. The normalized spacial score (nSPS) is 17.1. The van der Waals surface area contributed by atoms with Gasteiger partial charge < -0.3 is 0 Å². The molecular weight excluding hydrogens is 182 g/mol. The van der Waals surface area contributed by atoms with Crippen LogP contribution in [0.5, 0.6) is 0 Å². The van der Waals surface area contributed by atoms with Crippen molar-refractivity contribution >= 4 is 5.69 Å². The van der Waals surface area contributed by atoms with Crippen LogP contribution in [0, 0.1) is 10.1 Å². The lowest BCUT2D eigenvalue weighted by Crippen LogP contribution is -2.20. The van der Waals surface area contributed by atoms with Crippen molar-refractivity contribution in [1.82, 2.24) is 10.6 Å². The fourth-order valence-corrected chi connectivity index (χ4v) is 1.53. The molecule has 2 N–H and O–H groups in total. The van der Waals surface area contributed by atoms with Crippen LogP contribution in [0.1, 0.15) is 11.7 Å². The van der Waals surface area contributed by atoms with E-state index in [0.717, 1.165) is 18.7 Å². The second kappa shape index (κ2) is 3.73. The average molecular weight is 193 g/mol. The summed E-state index contributed by atoms with van der Waals surface area (Å²) in [5.74, 6) is 0. The van der Waals surface area contributed by atoms with E-state index in [0.29, 0.717) is 0 Å². The molecule has 0 atom stereocenters. The molecule has 0 bridgehead atoms. The highest BCUT2D eigenvalue weighted by atomic mass is 16.6. The van der Waals surface area contributed by atoms with Gasteiger partial charge in [0.1, 0.15) is 0 Å². The maximum absolute atomic E-state index is 10.4. The van der Waals surface area contributed by atoms with E-state index in [1.807, 2.05) is 0 Å². The minimum absolute atomic E-state index is 0.131. The van der Waals surface area contributed by atoms with Crippen LogP contribution in [0.4, 0.5) is 5.69 Å². The van der Waals surface area contributed by atoms with Gasteiger partial charge in [0.15, 0.2) is 0 Å². The van der Waals surface area contributed by atoms with Crippen molar-refractivity contribution in [3.63, 3.8) is 0 Å². The molecule has 5 nitrogen and oxygen atoms in total. The van der Waals surface area contributed by atoms with Gasteiger partial charge >= 0.3 is 0 Å². The van der Waals surface area contributed by atoms with Crippen LogP contribution >= 0.6 is 0 Å². The van der Waals surface area contributed by atoms with Crippen LogP contribution in [0.3, 0.4) is 0 Å². The summed E-state index contributed by atoms with van der Waals surface area (Å²) in [5, 5.41) is 16.9. The Bertz CT molecular complexity index is 330. The minimum atomic E-state index is -0.390. The summed E-state index contributed by atoms with van der Waals surface area (Å²) in [4.78, 5) is 10.0. The fraction of sp³-hybridized carbons (Fsp3) is 0.333. The number of nitro benzene ring substituents is 1. The van der Waals surface area contributed by atoms with E-state index in [1.165, 1.54) is 12.1 Å². The summed E-state index contributed by atoms with van der Waals surface area (Å²) in [5.41, 5.74) is 1.17. The molecular formula is C9H11N3O2. The molecule has 74 valence electrons. The first-order valence-corrected chi connectivity index (χ1v) is 4.48. The lowest BCUT2D eigenvalue weighted by atomic mass is 10.1. The van der Waals surface area contributed by atoms with E-state index in [-0.39, 0.29) is 16.8 Å². The predicted octanol–water partition coefficient (Wildman–Crippen LogP) is 0.786. The summed E-state index contributed by atoms with van der Waals surface area (Å²) < 4.78 is 0. The number of benzene rings is 1. The predicted molar refractivity (Wildman–Crippen MR) is 51.8 cm³/mol. The first kappa shape index (κ1) is 9.11. The van der Waals surface area contributed by atoms with Gasteiger partial charge in [-0.05, 0) is 17.7 Å². The third-order valence-electron chi connectivity index (χ3n) is 2.26. The molecule has 0 aromatic heterocycles. The second-order valence-electron chi connectivity index (χ2n) is 3.19. The second-order valence-corrected chi connectivity index (χ2v) is 3.19. The Morgan fingerprint density at radius 1 is 1.21 bits per heavy atom. The van der Waals surface area contributed by atoms with Crippen molar-refractivity contribution in [3.05, 3.63) is 39.9 Å². The van der Waals surface area contributed by atoms with E-state index < -0.39 is 0 Å². The molecule has 0 amide bonds. The third-order valence-corrected chi connectivity index (χ3v) is 2.26. The van der Waals surface area contributed by atoms with Gasteiger partial charge in [0, 0.05) is 25.2 Å². The topological polar surface area (TPSA) is 67.2 Å². The molecule has 0 aliphatic carbocycles. The Balaban J connectivity index is 2.16. The van der Waals surface area contributed by atoms with Crippen LogP contribution in [-0.2, 0) is 0 Å². The van der Waals surface area contributed by atoms with Crippen molar-refractivity contribution in [2.45, 2.75) is 6.17 Å². The van der Waals surface area contributed by atoms with E-state index in [9.17, 15) is 10.1 Å². The average Bonchev–Trinajstić information content (AvgIpc) is 2.71. The Morgan fingerprint density at radius 3 is 2.29 bits per heavy atom.